The van der Waals surface area contributed by atoms with Crippen LogP contribution in [0.4, 0.5) is 0 Å². The summed E-state index contributed by atoms with van der Waals surface area (Å²) in [6.45, 7) is 0.143. The van der Waals surface area contributed by atoms with Crippen molar-refractivity contribution in [3.63, 3.8) is 0 Å². The fourth-order valence-electron chi connectivity index (χ4n) is 2.49. The van der Waals surface area contributed by atoms with Gasteiger partial charge in [-0.15, -0.1) is 0 Å². The lowest BCUT2D eigenvalue weighted by Gasteiger charge is -2.27. The second-order valence-electron chi connectivity index (χ2n) is 4.16. The van der Waals surface area contributed by atoms with Gasteiger partial charge in [0.15, 0.2) is 0 Å². The maximum Gasteiger partial charge on any atom is 0.119 e. The molecule has 0 radical (unpaired) electrons. The monoisotopic (exact) mass is 192 g/mol. The van der Waals surface area contributed by atoms with E-state index in [9.17, 15) is 10.2 Å². The van der Waals surface area contributed by atoms with Crippen molar-refractivity contribution in [3.05, 3.63) is 29.8 Å². The minimum atomic E-state index is -0.175. The van der Waals surface area contributed by atoms with Crippen molar-refractivity contribution in [3.8, 4) is 5.75 Å². The fraction of sp³-hybridized carbons (Fsp3) is 0.500. The lowest BCUT2D eigenvalue weighted by Crippen LogP contribution is -2.26. The van der Waals surface area contributed by atoms with Gasteiger partial charge in [0.1, 0.15) is 5.75 Å². The highest BCUT2D eigenvalue weighted by Crippen LogP contribution is 2.43. The molecule has 2 N–H and O–H groups in total. The number of phenols is 1. The Morgan fingerprint density at radius 2 is 1.79 bits per heavy atom. The van der Waals surface area contributed by atoms with Crippen LogP contribution in [0.3, 0.4) is 0 Å². The Kier molecular flexibility index (Phi) is 2.46. The summed E-state index contributed by atoms with van der Waals surface area (Å²) >= 11 is 0. The number of para-hydroxylation sites is 1. The van der Waals surface area contributed by atoms with Gasteiger partial charge in [0.25, 0.3) is 0 Å². The number of aliphatic hydroxyl groups is 1. The van der Waals surface area contributed by atoms with Crippen LogP contribution in [0.5, 0.6) is 5.75 Å². The summed E-state index contributed by atoms with van der Waals surface area (Å²) in [6.07, 6.45) is 4.27. The van der Waals surface area contributed by atoms with Crippen LogP contribution in [0.2, 0.25) is 0 Å². The Morgan fingerprint density at radius 3 is 2.36 bits per heavy atom. The van der Waals surface area contributed by atoms with Gasteiger partial charge >= 0.3 is 0 Å². The summed E-state index contributed by atoms with van der Waals surface area (Å²) in [6, 6.07) is 7.37. The molecule has 0 aromatic heterocycles. The van der Waals surface area contributed by atoms with Gasteiger partial charge in [0.05, 0.1) is 6.61 Å². The Bertz CT molecular complexity index is 314. The van der Waals surface area contributed by atoms with E-state index in [1.807, 2.05) is 18.2 Å². The maximum absolute atomic E-state index is 9.76. The first-order chi connectivity index (χ1) is 6.78. The summed E-state index contributed by atoms with van der Waals surface area (Å²) in [5.74, 6) is 0.323. The highest BCUT2D eigenvalue weighted by atomic mass is 16.3. The normalized spacial score (nSPS) is 19.8. The highest BCUT2D eigenvalue weighted by molar-refractivity contribution is 5.39. The van der Waals surface area contributed by atoms with Crippen LogP contribution >= 0.6 is 0 Å². The predicted octanol–water partition coefficient (Wildman–Crippen LogP) is 2.20. The van der Waals surface area contributed by atoms with Crippen LogP contribution in [-0.2, 0) is 5.41 Å². The number of rotatable bonds is 2. The molecule has 0 saturated heterocycles. The third-order valence-electron chi connectivity index (χ3n) is 3.34. The molecule has 1 aliphatic rings. The Hall–Kier alpha value is -1.02. The summed E-state index contributed by atoms with van der Waals surface area (Å²) < 4.78 is 0. The number of benzene rings is 1. The van der Waals surface area contributed by atoms with Gasteiger partial charge in [-0.1, -0.05) is 31.0 Å². The Balaban J connectivity index is 2.41. The largest absolute Gasteiger partial charge is 0.508 e. The lowest BCUT2D eigenvalue weighted by molar-refractivity contribution is 0.192. The van der Waals surface area contributed by atoms with Crippen molar-refractivity contribution in [2.75, 3.05) is 6.61 Å². The minimum absolute atomic E-state index is 0.143. The molecule has 0 heterocycles. The molecule has 1 aromatic rings. The molecule has 0 amide bonds. The van der Waals surface area contributed by atoms with Crippen LogP contribution in [0.1, 0.15) is 31.2 Å². The fourth-order valence-corrected chi connectivity index (χ4v) is 2.49. The number of aromatic hydroxyl groups is 1. The zero-order valence-electron chi connectivity index (χ0n) is 8.24. The predicted molar refractivity (Wildman–Crippen MR) is 55.3 cm³/mol. The molecule has 2 heteroatoms. The van der Waals surface area contributed by atoms with Gasteiger partial charge in [-0.05, 0) is 18.9 Å². The zero-order valence-corrected chi connectivity index (χ0v) is 8.24. The molecule has 76 valence electrons. The first kappa shape index (κ1) is 9.53. The van der Waals surface area contributed by atoms with Crippen LogP contribution in [0, 0.1) is 0 Å². The first-order valence-corrected chi connectivity index (χ1v) is 5.18. The zero-order chi connectivity index (χ0) is 10.0. The molecule has 2 rings (SSSR count). The van der Waals surface area contributed by atoms with Crippen molar-refractivity contribution in [1.82, 2.24) is 0 Å². The lowest BCUT2D eigenvalue weighted by atomic mass is 9.79. The molecule has 1 aromatic carbocycles. The Morgan fingerprint density at radius 1 is 1.14 bits per heavy atom. The minimum Gasteiger partial charge on any atom is -0.508 e. The molecule has 1 saturated carbocycles. The quantitative estimate of drug-likeness (QED) is 0.754. The van der Waals surface area contributed by atoms with Gasteiger partial charge in [-0.2, -0.15) is 0 Å². The standard InChI is InChI=1S/C12H16O2/c13-9-12(7-3-4-8-12)10-5-1-2-6-11(10)14/h1-2,5-6,13-14H,3-4,7-9H2. The van der Waals surface area contributed by atoms with E-state index in [1.54, 1.807) is 6.07 Å². The van der Waals surface area contributed by atoms with Crippen molar-refractivity contribution < 1.29 is 10.2 Å². The second-order valence-corrected chi connectivity index (χ2v) is 4.16. The number of aliphatic hydroxyl groups excluding tert-OH is 1. The number of phenolic OH excluding ortho intramolecular Hbond substituents is 1. The van der Waals surface area contributed by atoms with Gasteiger partial charge < -0.3 is 10.2 Å². The van der Waals surface area contributed by atoms with Crippen molar-refractivity contribution in [2.45, 2.75) is 31.1 Å². The SMILES string of the molecule is OCC1(c2ccccc2O)CCCC1. The third kappa shape index (κ3) is 1.40. The smallest absolute Gasteiger partial charge is 0.119 e. The second kappa shape index (κ2) is 3.62. The van der Waals surface area contributed by atoms with E-state index in [4.69, 9.17) is 0 Å². The number of hydrogen-bond acceptors (Lipinski definition) is 2. The molecule has 0 unspecified atom stereocenters. The summed E-state index contributed by atoms with van der Waals surface area (Å²) in [5, 5.41) is 19.2. The van der Waals surface area contributed by atoms with E-state index < -0.39 is 0 Å². The molecule has 0 bridgehead atoms. The average molecular weight is 192 g/mol. The summed E-state index contributed by atoms with van der Waals surface area (Å²) in [5.41, 5.74) is 0.741. The highest BCUT2D eigenvalue weighted by Gasteiger charge is 2.36. The maximum atomic E-state index is 9.76. The first-order valence-electron chi connectivity index (χ1n) is 5.18. The molecular formula is C12H16O2. The van der Waals surface area contributed by atoms with E-state index in [1.165, 1.54) is 0 Å². The molecule has 0 atom stereocenters. The topological polar surface area (TPSA) is 40.5 Å². The van der Waals surface area contributed by atoms with Gasteiger partial charge in [0.2, 0.25) is 0 Å². The van der Waals surface area contributed by atoms with Crippen LogP contribution in [0.15, 0.2) is 24.3 Å². The molecule has 1 aliphatic carbocycles. The third-order valence-corrected chi connectivity index (χ3v) is 3.34. The molecule has 0 aliphatic heterocycles. The van der Waals surface area contributed by atoms with Gasteiger partial charge in [0, 0.05) is 11.0 Å². The van der Waals surface area contributed by atoms with E-state index in [2.05, 4.69) is 0 Å². The molecule has 2 nitrogen and oxygen atoms in total. The van der Waals surface area contributed by atoms with Crippen molar-refractivity contribution in [2.24, 2.45) is 0 Å². The summed E-state index contributed by atoms with van der Waals surface area (Å²) in [7, 11) is 0. The van der Waals surface area contributed by atoms with Crippen molar-refractivity contribution >= 4 is 0 Å². The molecule has 1 fully saturated rings. The van der Waals surface area contributed by atoms with Crippen LogP contribution in [0.25, 0.3) is 0 Å². The van der Waals surface area contributed by atoms with Gasteiger partial charge in [-0.25, -0.2) is 0 Å². The van der Waals surface area contributed by atoms with E-state index >= 15 is 0 Å². The van der Waals surface area contributed by atoms with Gasteiger partial charge in [-0.3, -0.25) is 0 Å². The Labute approximate surface area is 84.2 Å². The van der Waals surface area contributed by atoms with E-state index in [-0.39, 0.29) is 12.0 Å². The van der Waals surface area contributed by atoms with E-state index in [0.29, 0.717) is 5.75 Å². The molecular weight excluding hydrogens is 176 g/mol. The van der Waals surface area contributed by atoms with Crippen LogP contribution in [-0.4, -0.2) is 16.8 Å². The average Bonchev–Trinajstić information content (AvgIpc) is 2.68. The number of hydrogen-bond donors (Lipinski definition) is 2. The van der Waals surface area contributed by atoms with Crippen molar-refractivity contribution in [1.29, 1.82) is 0 Å². The van der Waals surface area contributed by atoms with E-state index in [0.717, 1.165) is 31.2 Å². The summed E-state index contributed by atoms with van der Waals surface area (Å²) in [4.78, 5) is 0. The molecule has 14 heavy (non-hydrogen) atoms. The van der Waals surface area contributed by atoms with Crippen LogP contribution < -0.4 is 0 Å². The molecule has 0 spiro atoms.